The van der Waals surface area contributed by atoms with Gasteiger partial charge in [0.15, 0.2) is 5.79 Å². The van der Waals surface area contributed by atoms with Gasteiger partial charge in [0.25, 0.3) is 0 Å². The maximum absolute atomic E-state index is 10.1. The Balaban J connectivity index is 3.88. The zero-order valence-corrected chi connectivity index (χ0v) is 7.92. The summed E-state index contributed by atoms with van der Waals surface area (Å²) in [7, 11) is -4.66. The van der Waals surface area contributed by atoms with Gasteiger partial charge in [0.05, 0.1) is 13.0 Å². The number of carbonyl (C=O) groups is 1. The summed E-state index contributed by atoms with van der Waals surface area (Å²) in [6.07, 6.45) is -1.55. The fraction of sp³-hybridized carbons (Fsp3) is 0.800. The minimum atomic E-state index is -4.66. The average molecular weight is 230 g/mol. The van der Waals surface area contributed by atoms with Crippen LogP contribution in [0.4, 0.5) is 0 Å². The number of phosphoric ester groups is 1. The van der Waals surface area contributed by atoms with Crippen molar-refractivity contribution in [3.63, 3.8) is 0 Å². The van der Waals surface area contributed by atoms with Crippen LogP contribution in [0, 0.1) is 0 Å². The molecule has 0 atom stereocenters. The Morgan fingerprint density at radius 2 is 1.86 bits per heavy atom. The molecular weight excluding hydrogens is 219 g/mol. The molecule has 8 nitrogen and oxygen atoms in total. The molecule has 0 rings (SSSR count). The average Bonchev–Trinajstić information content (AvgIpc) is 1.78. The molecule has 0 fully saturated rings. The van der Waals surface area contributed by atoms with Crippen molar-refractivity contribution >= 4 is 13.8 Å². The van der Waals surface area contributed by atoms with Gasteiger partial charge in [-0.1, -0.05) is 0 Å². The van der Waals surface area contributed by atoms with Crippen molar-refractivity contribution in [2.75, 3.05) is 6.61 Å². The molecule has 84 valence electrons. The van der Waals surface area contributed by atoms with Crippen LogP contribution in [0.2, 0.25) is 0 Å². The van der Waals surface area contributed by atoms with Gasteiger partial charge in [-0.15, -0.1) is 0 Å². The second-order valence-corrected chi connectivity index (χ2v) is 3.87. The smallest absolute Gasteiger partial charge is 0.469 e. The van der Waals surface area contributed by atoms with Gasteiger partial charge in [-0.25, -0.2) is 4.57 Å². The zero-order valence-electron chi connectivity index (χ0n) is 7.03. The molecule has 0 aliphatic carbocycles. The van der Waals surface area contributed by atoms with E-state index in [0.717, 1.165) is 0 Å². The van der Waals surface area contributed by atoms with E-state index in [2.05, 4.69) is 4.52 Å². The van der Waals surface area contributed by atoms with E-state index < -0.39 is 39.0 Å². The highest BCUT2D eigenvalue weighted by Crippen LogP contribution is 2.36. The van der Waals surface area contributed by atoms with Crippen LogP contribution in [0.25, 0.3) is 0 Å². The number of rotatable bonds is 6. The van der Waals surface area contributed by atoms with Gasteiger partial charge in [0.1, 0.15) is 0 Å². The maximum Gasteiger partial charge on any atom is 0.469 e. The van der Waals surface area contributed by atoms with Crippen LogP contribution in [0.5, 0.6) is 0 Å². The largest absolute Gasteiger partial charge is 0.481 e. The first-order valence-corrected chi connectivity index (χ1v) is 5.02. The van der Waals surface area contributed by atoms with E-state index in [-0.39, 0.29) is 0 Å². The van der Waals surface area contributed by atoms with E-state index in [9.17, 15) is 9.36 Å². The van der Waals surface area contributed by atoms with Crippen molar-refractivity contribution in [2.45, 2.75) is 18.6 Å². The summed E-state index contributed by atoms with van der Waals surface area (Å²) in [4.78, 5) is 26.5. The number of carboxylic acids is 1. The van der Waals surface area contributed by atoms with Crippen molar-refractivity contribution in [3.8, 4) is 0 Å². The Morgan fingerprint density at radius 1 is 1.36 bits per heavy atom. The standard InChI is InChI=1S/C5H11O8P/c6-4(7)3-5(8,9)1-2-13-14(10,11)12/h8-9H,1-3H2,(H,6,7)(H2,10,11,12). The molecule has 0 saturated heterocycles. The molecular formula is C5H11O8P. The number of phosphoric acid groups is 1. The van der Waals surface area contributed by atoms with Gasteiger partial charge in [-0.3, -0.25) is 9.32 Å². The van der Waals surface area contributed by atoms with E-state index in [1.165, 1.54) is 0 Å². The van der Waals surface area contributed by atoms with Crippen molar-refractivity contribution in [2.24, 2.45) is 0 Å². The Morgan fingerprint density at radius 3 is 2.21 bits per heavy atom. The van der Waals surface area contributed by atoms with Crippen molar-refractivity contribution < 1.29 is 39.0 Å². The molecule has 0 bridgehead atoms. The first-order chi connectivity index (χ1) is 6.12. The Bertz CT molecular complexity index is 242. The molecule has 0 saturated carbocycles. The second kappa shape index (κ2) is 4.83. The monoisotopic (exact) mass is 230 g/mol. The van der Waals surface area contributed by atoms with Gasteiger partial charge >= 0.3 is 13.8 Å². The van der Waals surface area contributed by atoms with Gasteiger partial charge in [0.2, 0.25) is 0 Å². The molecule has 0 aromatic heterocycles. The van der Waals surface area contributed by atoms with E-state index in [4.69, 9.17) is 25.1 Å². The number of aliphatic hydroxyl groups is 2. The number of aliphatic carboxylic acids is 1. The van der Waals surface area contributed by atoms with Gasteiger partial charge in [-0.2, -0.15) is 0 Å². The zero-order chi connectivity index (χ0) is 11.4. The highest BCUT2D eigenvalue weighted by Gasteiger charge is 2.27. The quantitative estimate of drug-likeness (QED) is 0.278. The van der Waals surface area contributed by atoms with Crippen molar-refractivity contribution in [1.82, 2.24) is 0 Å². The SMILES string of the molecule is O=C(O)CC(O)(O)CCOP(=O)(O)O. The maximum atomic E-state index is 10.1. The normalized spacial score (nSPS) is 12.9. The molecule has 5 N–H and O–H groups in total. The van der Waals surface area contributed by atoms with E-state index in [0.29, 0.717) is 0 Å². The van der Waals surface area contributed by atoms with E-state index in [1.54, 1.807) is 0 Å². The summed E-state index contributed by atoms with van der Waals surface area (Å²) >= 11 is 0. The lowest BCUT2D eigenvalue weighted by atomic mass is 10.1. The van der Waals surface area contributed by atoms with Crippen molar-refractivity contribution in [3.05, 3.63) is 0 Å². The summed E-state index contributed by atoms with van der Waals surface area (Å²) < 4.78 is 14.0. The third kappa shape index (κ3) is 8.11. The molecule has 0 amide bonds. The highest BCUT2D eigenvalue weighted by molar-refractivity contribution is 7.46. The van der Waals surface area contributed by atoms with Gasteiger partial charge < -0.3 is 25.1 Å². The minimum absolute atomic E-state index is 0.607. The van der Waals surface area contributed by atoms with E-state index >= 15 is 0 Å². The fourth-order valence-electron chi connectivity index (χ4n) is 0.659. The lowest BCUT2D eigenvalue weighted by Gasteiger charge is -2.19. The summed E-state index contributed by atoms with van der Waals surface area (Å²) in [6.45, 7) is -0.648. The molecule has 14 heavy (non-hydrogen) atoms. The van der Waals surface area contributed by atoms with Crippen LogP contribution < -0.4 is 0 Å². The first-order valence-electron chi connectivity index (χ1n) is 3.49. The molecule has 0 radical (unpaired) electrons. The van der Waals surface area contributed by atoms with E-state index in [1.807, 2.05) is 0 Å². The molecule has 0 aliphatic rings. The summed E-state index contributed by atoms with van der Waals surface area (Å²) in [6, 6.07) is 0. The summed E-state index contributed by atoms with van der Waals surface area (Å²) in [5.74, 6) is -3.97. The summed E-state index contributed by atoms with van der Waals surface area (Å²) in [5.41, 5.74) is 0. The number of hydrogen-bond donors (Lipinski definition) is 5. The molecule has 9 heteroatoms. The highest BCUT2D eigenvalue weighted by atomic mass is 31.2. The molecule has 0 heterocycles. The fourth-order valence-corrected chi connectivity index (χ4v) is 0.988. The number of carboxylic acid groups (broad SMARTS) is 1. The van der Waals surface area contributed by atoms with Crippen LogP contribution in [-0.4, -0.2) is 43.5 Å². The lowest BCUT2D eigenvalue weighted by Crippen LogP contribution is -2.32. The Kier molecular flexibility index (Phi) is 4.66. The predicted molar refractivity (Wildman–Crippen MR) is 42.0 cm³/mol. The van der Waals surface area contributed by atoms with Crippen LogP contribution >= 0.6 is 7.82 Å². The molecule has 0 spiro atoms. The molecule has 0 unspecified atom stereocenters. The first kappa shape index (κ1) is 13.5. The summed E-state index contributed by atoms with van der Waals surface area (Å²) in [5, 5.41) is 26.0. The Hall–Kier alpha value is -0.500. The van der Waals surface area contributed by atoms with Crippen molar-refractivity contribution in [1.29, 1.82) is 0 Å². The van der Waals surface area contributed by atoms with Crippen LogP contribution in [-0.2, 0) is 13.9 Å². The molecule has 0 aliphatic heterocycles. The second-order valence-electron chi connectivity index (χ2n) is 2.63. The van der Waals surface area contributed by atoms with Crippen LogP contribution in [0.3, 0.4) is 0 Å². The van der Waals surface area contributed by atoms with Gasteiger partial charge in [0, 0.05) is 6.42 Å². The lowest BCUT2D eigenvalue weighted by molar-refractivity contribution is -0.186. The Labute approximate surface area is 79.0 Å². The van der Waals surface area contributed by atoms with Gasteiger partial charge in [-0.05, 0) is 0 Å². The minimum Gasteiger partial charge on any atom is -0.481 e. The topological polar surface area (TPSA) is 145 Å². The molecule has 0 aromatic carbocycles. The third-order valence-electron chi connectivity index (χ3n) is 1.20. The van der Waals surface area contributed by atoms with Crippen LogP contribution in [0.15, 0.2) is 0 Å². The molecule has 0 aromatic rings. The third-order valence-corrected chi connectivity index (χ3v) is 1.72. The predicted octanol–water partition coefficient (Wildman–Crippen LogP) is -1.36. The van der Waals surface area contributed by atoms with Crippen LogP contribution in [0.1, 0.15) is 12.8 Å². The number of hydrogen-bond acceptors (Lipinski definition) is 5.